The van der Waals surface area contributed by atoms with Gasteiger partial charge in [-0.05, 0) is 78.5 Å². The molecule has 2 aromatic carbocycles. The lowest BCUT2D eigenvalue weighted by atomic mass is 9.99. The van der Waals surface area contributed by atoms with Crippen molar-refractivity contribution in [2.24, 2.45) is 0 Å². The molecule has 2 amide bonds. The maximum absolute atomic E-state index is 13.0. The van der Waals surface area contributed by atoms with Crippen LogP contribution < -0.4 is 10.6 Å². The van der Waals surface area contributed by atoms with Crippen LogP contribution in [0, 0.1) is 0 Å². The summed E-state index contributed by atoms with van der Waals surface area (Å²) in [6.07, 6.45) is 8.42. The number of esters is 1. The summed E-state index contributed by atoms with van der Waals surface area (Å²) in [7, 11) is 1.34. The van der Waals surface area contributed by atoms with E-state index in [0.717, 1.165) is 61.0 Å². The molecule has 1 heterocycles. The van der Waals surface area contributed by atoms with Crippen LogP contribution in [0.5, 0.6) is 0 Å². The van der Waals surface area contributed by atoms with Gasteiger partial charge in [0.05, 0.1) is 12.8 Å². The van der Waals surface area contributed by atoms with E-state index in [1.807, 2.05) is 30.3 Å². The van der Waals surface area contributed by atoms with Gasteiger partial charge in [0.25, 0.3) is 0 Å². The maximum Gasteiger partial charge on any atom is 0.328 e. The summed E-state index contributed by atoms with van der Waals surface area (Å²) in [5, 5.41) is 13.0. The van der Waals surface area contributed by atoms with Crippen molar-refractivity contribution in [3.8, 4) is 11.3 Å². The lowest BCUT2D eigenvalue weighted by Crippen LogP contribution is -2.45. The number of aryl methyl sites for hydroxylation is 2. The zero-order valence-electron chi connectivity index (χ0n) is 18.7. The van der Waals surface area contributed by atoms with Crippen LogP contribution in [0.2, 0.25) is 0 Å². The van der Waals surface area contributed by atoms with E-state index >= 15 is 0 Å². The van der Waals surface area contributed by atoms with Gasteiger partial charge in [-0.1, -0.05) is 24.3 Å². The molecule has 0 unspecified atom stereocenters. The van der Waals surface area contributed by atoms with E-state index in [4.69, 9.17) is 4.74 Å². The summed E-state index contributed by atoms with van der Waals surface area (Å²) in [4.78, 5) is 25.6. The number of ether oxygens (including phenoxy) is 1. The van der Waals surface area contributed by atoms with Crippen LogP contribution >= 0.6 is 0 Å². The molecule has 7 heteroatoms. The van der Waals surface area contributed by atoms with Crippen molar-refractivity contribution in [3.63, 3.8) is 0 Å². The molecule has 2 aliphatic rings. The lowest BCUT2D eigenvalue weighted by molar-refractivity contribution is -0.142. The van der Waals surface area contributed by atoms with Gasteiger partial charge < -0.3 is 15.4 Å². The first-order valence-electron chi connectivity index (χ1n) is 11.5. The highest BCUT2D eigenvalue weighted by Crippen LogP contribution is 2.38. The topological polar surface area (TPSA) is 96.1 Å². The Balaban J connectivity index is 1.34. The van der Waals surface area contributed by atoms with Gasteiger partial charge >= 0.3 is 12.0 Å². The monoisotopic (exact) mass is 444 g/mol. The fourth-order valence-electron chi connectivity index (χ4n) is 5.12. The molecule has 170 valence electrons. The van der Waals surface area contributed by atoms with E-state index < -0.39 is 12.0 Å². The summed E-state index contributed by atoms with van der Waals surface area (Å²) in [6, 6.07) is 10.8. The smallest absolute Gasteiger partial charge is 0.328 e. The van der Waals surface area contributed by atoms with E-state index in [1.54, 1.807) is 6.20 Å². The molecule has 2 aliphatic carbocycles. The lowest BCUT2D eigenvalue weighted by Gasteiger charge is -2.20. The number of hydrogen-bond donors (Lipinski definition) is 3. The molecule has 3 aromatic rings. The van der Waals surface area contributed by atoms with Crippen molar-refractivity contribution < 1.29 is 14.3 Å². The van der Waals surface area contributed by atoms with Crippen LogP contribution in [0.1, 0.15) is 40.7 Å². The first-order valence-corrected chi connectivity index (χ1v) is 11.5. The van der Waals surface area contributed by atoms with Crippen LogP contribution in [0.4, 0.5) is 10.5 Å². The minimum atomic E-state index is -0.797. The number of H-pyrrole nitrogens is 1. The second kappa shape index (κ2) is 9.10. The number of amides is 2. The largest absolute Gasteiger partial charge is 0.467 e. The van der Waals surface area contributed by atoms with Gasteiger partial charge in [-0.3, -0.25) is 5.10 Å². The molecule has 7 nitrogen and oxygen atoms in total. The fourth-order valence-corrected chi connectivity index (χ4v) is 5.12. The van der Waals surface area contributed by atoms with Gasteiger partial charge in [-0.15, -0.1) is 0 Å². The number of hydrogen-bond acceptors (Lipinski definition) is 4. The molecular weight excluding hydrogens is 416 g/mol. The van der Waals surface area contributed by atoms with Crippen LogP contribution in [0.25, 0.3) is 11.3 Å². The minimum Gasteiger partial charge on any atom is -0.467 e. The van der Waals surface area contributed by atoms with Crippen molar-refractivity contribution in [1.29, 1.82) is 0 Å². The Morgan fingerprint density at radius 1 is 1.06 bits per heavy atom. The van der Waals surface area contributed by atoms with E-state index in [9.17, 15) is 9.59 Å². The maximum atomic E-state index is 13.0. The number of methoxy groups -OCH3 is 1. The SMILES string of the molecule is COC(=O)[C@@H](Cc1cccc(-c2cc[nH]n2)c1)NC(=O)Nc1c2c(cc3c1CCC3)CCC2. The number of benzene rings is 2. The Hall–Kier alpha value is -3.61. The molecule has 0 radical (unpaired) electrons. The van der Waals surface area contributed by atoms with Gasteiger partial charge in [0.1, 0.15) is 6.04 Å². The van der Waals surface area contributed by atoms with Crippen LogP contribution in [0.3, 0.4) is 0 Å². The number of nitrogens with one attached hydrogen (secondary N) is 3. The standard InChI is InChI=1S/C26H28N4O3/c1-33-25(31)23(14-16-5-2-8-19(13-16)22-11-12-27-30-22)28-26(32)29-24-20-9-3-6-17(20)15-18-7-4-10-21(18)24/h2,5,8,11-13,15,23H,3-4,6-7,9-10,14H2,1H3,(H,27,30)(H2,28,29,32)/t23-/m1/s1. The van der Waals surface area contributed by atoms with Crippen molar-refractivity contribution in [3.05, 3.63) is 70.4 Å². The predicted molar refractivity (Wildman–Crippen MR) is 126 cm³/mol. The molecule has 1 aromatic heterocycles. The molecule has 0 saturated carbocycles. The van der Waals surface area contributed by atoms with Gasteiger partial charge in [-0.25, -0.2) is 9.59 Å². The number of aromatic amines is 1. The molecule has 33 heavy (non-hydrogen) atoms. The van der Waals surface area contributed by atoms with Gasteiger partial charge in [0.2, 0.25) is 0 Å². The zero-order valence-corrected chi connectivity index (χ0v) is 18.7. The summed E-state index contributed by atoms with van der Waals surface area (Å²) in [5.41, 5.74) is 8.85. The molecule has 5 rings (SSSR count). The van der Waals surface area contributed by atoms with Crippen molar-refractivity contribution in [1.82, 2.24) is 15.5 Å². The first-order chi connectivity index (χ1) is 16.1. The summed E-state index contributed by atoms with van der Waals surface area (Å²) < 4.78 is 4.99. The Bertz CT molecular complexity index is 1150. The molecule has 3 N–H and O–H groups in total. The number of carbonyl (C=O) groups excluding carboxylic acids is 2. The average Bonchev–Trinajstić information content (AvgIpc) is 3.59. The Morgan fingerprint density at radius 2 is 1.82 bits per heavy atom. The Labute approximate surface area is 192 Å². The second-order valence-electron chi connectivity index (χ2n) is 8.77. The van der Waals surface area contributed by atoms with E-state index in [0.29, 0.717) is 6.42 Å². The summed E-state index contributed by atoms with van der Waals surface area (Å²) >= 11 is 0. The van der Waals surface area contributed by atoms with Gasteiger partial charge in [-0.2, -0.15) is 5.10 Å². The third-order valence-electron chi connectivity index (χ3n) is 6.67. The normalized spacial score (nSPS) is 14.9. The molecule has 0 aliphatic heterocycles. The molecule has 1 atom stereocenters. The molecule has 0 bridgehead atoms. The van der Waals surface area contributed by atoms with E-state index in [1.165, 1.54) is 29.4 Å². The Kier molecular flexibility index (Phi) is 5.86. The van der Waals surface area contributed by atoms with Crippen molar-refractivity contribution >= 4 is 17.7 Å². The second-order valence-corrected chi connectivity index (χ2v) is 8.77. The van der Waals surface area contributed by atoms with Gasteiger partial charge in [0, 0.05) is 23.9 Å². The van der Waals surface area contributed by atoms with Crippen molar-refractivity contribution in [2.75, 3.05) is 12.4 Å². The third-order valence-corrected chi connectivity index (χ3v) is 6.67. The average molecular weight is 445 g/mol. The quantitative estimate of drug-likeness (QED) is 0.502. The van der Waals surface area contributed by atoms with Crippen molar-refractivity contribution in [2.45, 2.75) is 51.0 Å². The Morgan fingerprint density at radius 3 is 2.48 bits per heavy atom. The van der Waals surface area contributed by atoms with Gasteiger partial charge in [0.15, 0.2) is 0 Å². The number of anilines is 1. The predicted octanol–water partition coefficient (Wildman–Crippen LogP) is 3.96. The number of carbonyl (C=O) groups is 2. The fraction of sp³-hybridized carbons (Fsp3) is 0.346. The van der Waals surface area contributed by atoms with E-state index in [-0.39, 0.29) is 6.03 Å². The number of rotatable bonds is 6. The number of nitrogens with zero attached hydrogens (tertiary/aromatic N) is 1. The number of fused-ring (bicyclic) bond motifs is 2. The third kappa shape index (κ3) is 4.35. The highest BCUT2D eigenvalue weighted by atomic mass is 16.5. The minimum absolute atomic E-state index is 0.323. The molecule has 0 saturated heterocycles. The molecule has 0 spiro atoms. The van der Waals surface area contributed by atoms with E-state index in [2.05, 4.69) is 26.9 Å². The van der Waals surface area contributed by atoms with Crippen LogP contribution in [-0.2, 0) is 41.6 Å². The zero-order chi connectivity index (χ0) is 22.8. The molecular formula is C26H28N4O3. The van der Waals surface area contributed by atoms with Crippen LogP contribution in [-0.4, -0.2) is 35.3 Å². The number of urea groups is 1. The first kappa shape index (κ1) is 21.2. The molecule has 0 fully saturated rings. The highest BCUT2D eigenvalue weighted by Gasteiger charge is 2.27. The highest BCUT2D eigenvalue weighted by molar-refractivity contribution is 5.94. The summed E-state index contributed by atoms with van der Waals surface area (Å²) in [6.45, 7) is 0. The summed E-state index contributed by atoms with van der Waals surface area (Å²) in [5.74, 6) is -0.473. The van der Waals surface area contributed by atoms with Crippen LogP contribution in [0.15, 0.2) is 42.6 Å². The number of aromatic nitrogens is 2.